The number of hydrogen-bond donors (Lipinski definition) is 1. The highest BCUT2D eigenvalue weighted by molar-refractivity contribution is 7.87. The highest BCUT2D eigenvalue weighted by atomic mass is 32.2. The van der Waals surface area contributed by atoms with Crippen LogP contribution in [-0.4, -0.2) is 39.0 Å². The van der Waals surface area contributed by atoms with Crippen LogP contribution in [0.25, 0.3) is 0 Å². The van der Waals surface area contributed by atoms with Gasteiger partial charge in [-0.2, -0.15) is 21.6 Å². The zero-order valence-electron chi connectivity index (χ0n) is 7.72. The molecule has 1 atom stereocenters. The molecule has 0 aromatic carbocycles. The second-order valence-corrected chi connectivity index (χ2v) is 4.77. The van der Waals surface area contributed by atoms with Gasteiger partial charge in [0.2, 0.25) is 0 Å². The van der Waals surface area contributed by atoms with Crippen LogP contribution in [0, 0.1) is 0 Å². The van der Waals surface area contributed by atoms with Gasteiger partial charge in [0.1, 0.15) is 6.10 Å². The zero-order valence-corrected chi connectivity index (χ0v) is 8.54. The van der Waals surface area contributed by atoms with Gasteiger partial charge in [-0.05, 0) is 13.0 Å². The van der Waals surface area contributed by atoms with Gasteiger partial charge in [0.25, 0.3) is 5.92 Å². The molecule has 0 bridgehead atoms. The van der Waals surface area contributed by atoms with Crippen LogP contribution in [0.2, 0.25) is 0 Å². The fraction of sp³-hybridized carbons (Fsp3) is 1.00. The lowest BCUT2D eigenvalue weighted by Crippen LogP contribution is -2.52. The van der Waals surface area contributed by atoms with Crippen molar-refractivity contribution in [1.82, 2.24) is 5.32 Å². The van der Waals surface area contributed by atoms with Gasteiger partial charge in [0.05, 0.1) is 6.54 Å². The molecule has 1 N–H and O–H groups in total. The number of alkyl halides is 5. The van der Waals surface area contributed by atoms with Crippen LogP contribution < -0.4 is 5.32 Å². The maximum absolute atomic E-state index is 13.0. The van der Waals surface area contributed by atoms with E-state index in [1.54, 1.807) is 0 Å². The monoisotopic (exact) mass is 269 g/mol. The van der Waals surface area contributed by atoms with Gasteiger partial charge in [-0.1, -0.05) is 0 Å². The Bertz CT molecular complexity index is 352. The third-order valence-corrected chi connectivity index (χ3v) is 2.99. The number of nitrogens with one attached hydrogen (secondary N) is 1. The van der Waals surface area contributed by atoms with E-state index in [2.05, 4.69) is 9.50 Å². The van der Waals surface area contributed by atoms with Crippen molar-refractivity contribution in [2.45, 2.75) is 24.0 Å². The van der Waals surface area contributed by atoms with E-state index in [-0.39, 0.29) is 6.54 Å². The van der Waals surface area contributed by atoms with Gasteiger partial charge in [-0.3, -0.25) is 4.18 Å². The zero-order chi connectivity index (χ0) is 12.6. The first-order valence-corrected chi connectivity index (χ1v) is 5.55. The van der Waals surface area contributed by atoms with Crippen molar-refractivity contribution in [3.63, 3.8) is 0 Å². The fourth-order valence-electron chi connectivity index (χ4n) is 1.14. The Balaban J connectivity index is 2.81. The summed E-state index contributed by atoms with van der Waals surface area (Å²) in [7, 11) is -5.98. The van der Waals surface area contributed by atoms with Crippen molar-refractivity contribution in [3.05, 3.63) is 0 Å². The van der Waals surface area contributed by atoms with Gasteiger partial charge in [0, 0.05) is 0 Å². The summed E-state index contributed by atoms with van der Waals surface area (Å²) in [5, 5.41) is 2.22. The van der Waals surface area contributed by atoms with E-state index in [0.29, 0.717) is 0 Å². The Morgan fingerprint density at radius 2 is 1.88 bits per heavy atom. The first kappa shape index (κ1) is 13.6. The van der Waals surface area contributed by atoms with Crippen molar-refractivity contribution in [2.75, 3.05) is 13.1 Å². The van der Waals surface area contributed by atoms with Crippen LogP contribution in [0.1, 0.15) is 6.42 Å². The van der Waals surface area contributed by atoms with E-state index < -0.39 is 40.6 Å². The Hall–Kier alpha value is -0.480. The molecule has 0 aliphatic carbocycles. The molecule has 96 valence electrons. The van der Waals surface area contributed by atoms with E-state index in [4.69, 9.17) is 0 Å². The average molecular weight is 269 g/mol. The molecule has 1 unspecified atom stereocenters. The standard InChI is InChI=1S/C6H8F5NO3S/c7-5(8)3-12-2-1-4(5)15-16(13,14)6(9,10)11/h4,12H,1-3H2. The Kier molecular flexibility index (Phi) is 3.46. The van der Waals surface area contributed by atoms with Gasteiger partial charge in [-0.25, -0.2) is 8.78 Å². The van der Waals surface area contributed by atoms with Gasteiger partial charge in [0.15, 0.2) is 0 Å². The summed E-state index contributed by atoms with van der Waals surface area (Å²) in [6.45, 7) is -0.946. The number of halogens is 5. The number of rotatable bonds is 2. The van der Waals surface area contributed by atoms with Crippen LogP contribution in [0.15, 0.2) is 0 Å². The number of hydrogen-bond acceptors (Lipinski definition) is 4. The molecule has 0 aromatic heterocycles. The molecule has 1 saturated heterocycles. The Morgan fingerprint density at radius 3 is 2.31 bits per heavy atom. The normalized spacial score (nSPS) is 26.7. The minimum atomic E-state index is -5.98. The molecule has 1 heterocycles. The first-order chi connectivity index (χ1) is 7.06. The van der Waals surface area contributed by atoms with Crippen molar-refractivity contribution in [3.8, 4) is 0 Å². The van der Waals surface area contributed by atoms with Gasteiger partial charge >= 0.3 is 15.6 Å². The van der Waals surface area contributed by atoms with Gasteiger partial charge < -0.3 is 5.32 Å². The molecule has 1 aliphatic heterocycles. The van der Waals surface area contributed by atoms with E-state index in [9.17, 15) is 30.4 Å². The number of piperidine rings is 1. The summed E-state index contributed by atoms with van der Waals surface area (Å²) >= 11 is 0. The van der Waals surface area contributed by atoms with Crippen molar-refractivity contribution < 1.29 is 34.6 Å². The van der Waals surface area contributed by atoms with Crippen molar-refractivity contribution in [1.29, 1.82) is 0 Å². The highest BCUT2D eigenvalue weighted by Crippen LogP contribution is 2.32. The lowest BCUT2D eigenvalue weighted by Gasteiger charge is -2.31. The van der Waals surface area contributed by atoms with Crippen LogP contribution in [0.4, 0.5) is 22.0 Å². The molecule has 0 radical (unpaired) electrons. The maximum Gasteiger partial charge on any atom is 0.523 e. The third-order valence-electron chi connectivity index (χ3n) is 1.94. The van der Waals surface area contributed by atoms with Crippen LogP contribution in [0.3, 0.4) is 0 Å². The van der Waals surface area contributed by atoms with Crippen LogP contribution >= 0.6 is 0 Å². The largest absolute Gasteiger partial charge is 0.523 e. The van der Waals surface area contributed by atoms with E-state index in [1.807, 2.05) is 0 Å². The highest BCUT2D eigenvalue weighted by Gasteiger charge is 2.53. The summed E-state index contributed by atoms with van der Waals surface area (Å²) in [4.78, 5) is 0. The summed E-state index contributed by atoms with van der Waals surface area (Å²) in [5.74, 6) is -3.64. The minimum Gasteiger partial charge on any atom is -0.311 e. The maximum atomic E-state index is 13.0. The molecule has 10 heteroatoms. The van der Waals surface area contributed by atoms with Crippen LogP contribution in [0.5, 0.6) is 0 Å². The second kappa shape index (κ2) is 4.08. The molecular weight excluding hydrogens is 261 g/mol. The average Bonchev–Trinajstić information content (AvgIpc) is 2.06. The van der Waals surface area contributed by atoms with Crippen LogP contribution in [-0.2, 0) is 14.3 Å². The van der Waals surface area contributed by atoms with E-state index in [0.717, 1.165) is 0 Å². The molecule has 0 amide bonds. The van der Waals surface area contributed by atoms with Crippen molar-refractivity contribution >= 4 is 10.1 Å². The minimum absolute atomic E-state index is 0.0341. The lowest BCUT2D eigenvalue weighted by atomic mass is 10.1. The van der Waals surface area contributed by atoms with E-state index in [1.165, 1.54) is 0 Å². The molecule has 1 rings (SSSR count). The molecule has 0 spiro atoms. The molecular formula is C6H8F5NO3S. The summed E-state index contributed by atoms with van der Waals surface area (Å²) in [5.41, 5.74) is -5.69. The van der Waals surface area contributed by atoms with Gasteiger partial charge in [-0.15, -0.1) is 0 Å². The molecule has 16 heavy (non-hydrogen) atoms. The topological polar surface area (TPSA) is 55.4 Å². The van der Waals surface area contributed by atoms with Crippen molar-refractivity contribution in [2.24, 2.45) is 0 Å². The van der Waals surface area contributed by atoms with E-state index >= 15 is 0 Å². The third kappa shape index (κ3) is 2.80. The smallest absolute Gasteiger partial charge is 0.311 e. The predicted octanol–water partition coefficient (Wildman–Crippen LogP) is 0.850. The summed E-state index contributed by atoms with van der Waals surface area (Å²) in [6.07, 6.45) is -2.79. The molecule has 1 fully saturated rings. The SMILES string of the molecule is O=S(=O)(OC1CCNCC1(F)F)C(F)(F)F. The molecule has 0 saturated carbocycles. The Labute approximate surface area is 87.9 Å². The summed E-state index contributed by atoms with van der Waals surface area (Å²) < 4.78 is 86.1. The molecule has 0 aromatic rings. The lowest BCUT2D eigenvalue weighted by molar-refractivity contribution is -0.119. The summed E-state index contributed by atoms with van der Waals surface area (Å²) in [6, 6.07) is 0. The first-order valence-electron chi connectivity index (χ1n) is 4.14. The predicted molar refractivity (Wildman–Crippen MR) is 42.3 cm³/mol. The quantitative estimate of drug-likeness (QED) is 0.459. The molecule has 1 aliphatic rings. The Morgan fingerprint density at radius 1 is 1.31 bits per heavy atom. The second-order valence-electron chi connectivity index (χ2n) is 3.21. The molecule has 4 nitrogen and oxygen atoms in total. The fourth-order valence-corrected chi connectivity index (χ4v) is 1.79.